The van der Waals surface area contributed by atoms with Crippen LogP contribution in [0, 0.1) is 0 Å². The summed E-state index contributed by atoms with van der Waals surface area (Å²) < 4.78 is 22.1. The fourth-order valence-corrected chi connectivity index (χ4v) is 3.86. The van der Waals surface area contributed by atoms with Gasteiger partial charge in [0.1, 0.15) is 42.0 Å². The highest BCUT2D eigenvalue weighted by atomic mass is 16.7. The molecule has 1 saturated heterocycles. The van der Waals surface area contributed by atoms with Crippen LogP contribution in [0.4, 0.5) is 0 Å². The zero-order valence-electron chi connectivity index (χ0n) is 15.8. The number of hydrogen-bond donors (Lipinski definition) is 4. The standard InChI is InChI=1S/C20H22O9/c1-8-13-10(19(25)27-8)6-9-4-3-5-11(14(9)18(13)26-2)28-20-17(24)16(23)15(22)12(7-21)29-20/h3-6,8,12,15-17,20-24H,7H2,1-2H3. The molecule has 2 aliphatic heterocycles. The second-order valence-corrected chi connectivity index (χ2v) is 7.09. The molecule has 6 atom stereocenters. The normalized spacial score (nSPS) is 31.4. The molecular formula is C20H22O9. The van der Waals surface area contributed by atoms with Crippen LogP contribution < -0.4 is 9.47 Å². The van der Waals surface area contributed by atoms with Gasteiger partial charge in [0.25, 0.3) is 0 Å². The molecule has 4 rings (SSSR count). The summed E-state index contributed by atoms with van der Waals surface area (Å²) in [5, 5.41) is 40.8. The van der Waals surface area contributed by atoms with Gasteiger partial charge in [0.15, 0.2) is 0 Å². The van der Waals surface area contributed by atoms with Crippen molar-refractivity contribution in [2.45, 2.75) is 43.7 Å². The maximum Gasteiger partial charge on any atom is 0.339 e. The number of carbonyl (C=O) groups excluding carboxylic acids is 1. The van der Waals surface area contributed by atoms with Crippen molar-refractivity contribution in [2.24, 2.45) is 0 Å². The summed E-state index contributed by atoms with van der Waals surface area (Å²) in [6, 6.07) is 6.77. The lowest BCUT2D eigenvalue weighted by Crippen LogP contribution is -2.60. The minimum atomic E-state index is -1.56. The molecule has 4 N–H and O–H groups in total. The molecule has 156 valence electrons. The number of esters is 1. The van der Waals surface area contributed by atoms with Crippen molar-refractivity contribution in [3.05, 3.63) is 35.4 Å². The van der Waals surface area contributed by atoms with Crippen LogP contribution in [0.3, 0.4) is 0 Å². The van der Waals surface area contributed by atoms with E-state index >= 15 is 0 Å². The largest absolute Gasteiger partial charge is 0.496 e. The van der Waals surface area contributed by atoms with Crippen LogP contribution in [0.15, 0.2) is 24.3 Å². The van der Waals surface area contributed by atoms with E-state index in [9.17, 15) is 25.2 Å². The van der Waals surface area contributed by atoms with Crippen LogP contribution in [0.25, 0.3) is 10.8 Å². The third-order valence-corrected chi connectivity index (χ3v) is 5.33. The number of aliphatic hydroxyl groups is 4. The summed E-state index contributed by atoms with van der Waals surface area (Å²) >= 11 is 0. The Morgan fingerprint density at radius 3 is 2.59 bits per heavy atom. The summed E-state index contributed by atoms with van der Waals surface area (Å²) in [6.45, 7) is 1.17. The van der Waals surface area contributed by atoms with E-state index in [0.717, 1.165) is 0 Å². The highest BCUT2D eigenvalue weighted by Gasteiger charge is 2.45. The highest BCUT2D eigenvalue weighted by Crippen LogP contribution is 2.45. The Balaban J connectivity index is 1.79. The van der Waals surface area contributed by atoms with Gasteiger partial charge in [-0.3, -0.25) is 0 Å². The van der Waals surface area contributed by atoms with E-state index in [4.69, 9.17) is 18.9 Å². The van der Waals surface area contributed by atoms with Crippen molar-refractivity contribution >= 4 is 16.7 Å². The number of carbonyl (C=O) groups is 1. The minimum Gasteiger partial charge on any atom is -0.496 e. The van der Waals surface area contributed by atoms with E-state index in [-0.39, 0.29) is 5.75 Å². The summed E-state index contributed by atoms with van der Waals surface area (Å²) in [5.74, 6) is 0.238. The molecule has 0 aliphatic carbocycles. The molecule has 0 spiro atoms. The Kier molecular flexibility index (Phi) is 5.09. The average molecular weight is 406 g/mol. The first-order valence-electron chi connectivity index (χ1n) is 9.19. The Bertz CT molecular complexity index is 941. The molecule has 6 unspecified atom stereocenters. The lowest BCUT2D eigenvalue weighted by atomic mass is 9.97. The zero-order chi connectivity index (χ0) is 20.9. The first-order chi connectivity index (χ1) is 13.9. The van der Waals surface area contributed by atoms with Gasteiger partial charge in [-0.05, 0) is 24.4 Å². The monoisotopic (exact) mass is 406 g/mol. The van der Waals surface area contributed by atoms with Gasteiger partial charge in [0, 0.05) is 5.56 Å². The lowest BCUT2D eigenvalue weighted by Gasteiger charge is -2.39. The molecule has 0 saturated carbocycles. The molecule has 2 aliphatic rings. The van der Waals surface area contributed by atoms with E-state index < -0.39 is 49.4 Å². The van der Waals surface area contributed by atoms with E-state index in [2.05, 4.69) is 0 Å². The summed E-state index contributed by atoms with van der Waals surface area (Å²) in [7, 11) is 1.47. The molecule has 2 aromatic carbocycles. The topological polar surface area (TPSA) is 135 Å². The number of benzene rings is 2. The second-order valence-electron chi connectivity index (χ2n) is 7.09. The molecule has 0 radical (unpaired) electrons. The van der Waals surface area contributed by atoms with E-state index in [1.54, 1.807) is 31.2 Å². The number of methoxy groups -OCH3 is 1. The van der Waals surface area contributed by atoms with Crippen LogP contribution in [0.2, 0.25) is 0 Å². The number of cyclic esters (lactones) is 1. The quantitative estimate of drug-likeness (QED) is 0.527. The number of ether oxygens (including phenoxy) is 4. The Morgan fingerprint density at radius 2 is 1.90 bits per heavy atom. The first kappa shape index (κ1) is 19.9. The van der Waals surface area contributed by atoms with Crippen molar-refractivity contribution in [3.63, 3.8) is 0 Å². The Hall–Kier alpha value is -2.43. The molecule has 1 fully saturated rings. The van der Waals surface area contributed by atoms with Crippen LogP contribution >= 0.6 is 0 Å². The van der Waals surface area contributed by atoms with Gasteiger partial charge in [-0.15, -0.1) is 0 Å². The number of hydrogen-bond acceptors (Lipinski definition) is 9. The summed E-state index contributed by atoms with van der Waals surface area (Å²) in [6.07, 6.45) is -7.53. The predicted octanol–water partition coefficient (Wildman–Crippen LogP) is 0.258. The SMILES string of the molecule is COc1c2c(cc3cccc(OC4OC(CO)C(O)C(O)C4O)c13)C(=O)OC2C. The average Bonchev–Trinajstić information content (AvgIpc) is 3.00. The van der Waals surface area contributed by atoms with Gasteiger partial charge >= 0.3 is 5.97 Å². The third-order valence-electron chi connectivity index (χ3n) is 5.33. The van der Waals surface area contributed by atoms with Gasteiger partial charge in [0.05, 0.1) is 24.7 Å². The molecular weight excluding hydrogens is 384 g/mol. The van der Waals surface area contributed by atoms with Crippen LogP contribution in [0.5, 0.6) is 11.5 Å². The van der Waals surface area contributed by atoms with Crippen LogP contribution in [-0.2, 0) is 9.47 Å². The fourth-order valence-electron chi connectivity index (χ4n) is 3.86. The molecule has 9 nitrogen and oxygen atoms in total. The van der Waals surface area contributed by atoms with Gasteiger partial charge in [-0.25, -0.2) is 4.79 Å². The van der Waals surface area contributed by atoms with Gasteiger partial charge in [-0.2, -0.15) is 0 Å². The van der Waals surface area contributed by atoms with Gasteiger partial charge in [0.2, 0.25) is 6.29 Å². The molecule has 2 heterocycles. The van der Waals surface area contributed by atoms with E-state index in [0.29, 0.717) is 27.6 Å². The molecule has 0 amide bonds. The van der Waals surface area contributed by atoms with Gasteiger partial charge in [-0.1, -0.05) is 12.1 Å². The van der Waals surface area contributed by atoms with Crippen LogP contribution in [-0.4, -0.2) is 70.8 Å². The molecule has 0 aromatic heterocycles. The maximum absolute atomic E-state index is 12.1. The van der Waals surface area contributed by atoms with Crippen molar-refractivity contribution in [2.75, 3.05) is 13.7 Å². The lowest BCUT2D eigenvalue weighted by molar-refractivity contribution is -0.277. The number of fused-ring (bicyclic) bond motifs is 2. The minimum absolute atomic E-state index is 0.276. The molecule has 0 bridgehead atoms. The smallest absolute Gasteiger partial charge is 0.339 e. The third kappa shape index (κ3) is 3.11. The maximum atomic E-state index is 12.1. The zero-order valence-corrected chi connectivity index (χ0v) is 15.8. The van der Waals surface area contributed by atoms with Gasteiger partial charge < -0.3 is 39.4 Å². The Morgan fingerprint density at radius 1 is 1.14 bits per heavy atom. The fraction of sp³-hybridized carbons (Fsp3) is 0.450. The van der Waals surface area contributed by atoms with Crippen LogP contribution in [0.1, 0.15) is 28.9 Å². The number of rotatable bonds is 4. The van der Waals surface area contributed by atoms with Crippen molar-refractivity contribution < 1.29 is 44.2 Å². The van der Waals surface area contributed by atoms with Crippen molar-refractivity contribution in [3.8, 4) is 11.5 Å². The van der Waals surface area contributed by atoms with E-state index in [1.807, 2.05) is 0 Å². The first-order valence-corrected chi connectivity index (χ1v) is 9.19. The summed E-state index contributed by atoms with van der Waals surface area (Å²) in [4.78, 5) is 12.1. The predicted molar refractivity (Wildman–Crippen MR) is 98.7 cm³/mol. The molecule has 29 heavy (non-hydrogen) atoms. The number of aliphatic hydroxyl groups excluding tert-OH is 4. The van der Waals surface area contributed by atoms with Crippen molar-refractivity contribution in [1.82, 2.24) is 0 Å². The van der Waals surface area contributed by atoms with E-state index in [1.165, 1.54) is 7.11 Å². The highest BCUT2D eigenvalue weighted by molar-refractivity contribution is 6.04. The van der Waals surface area contributed by atoms with Crippen molar-refractivity contribution in [1.29, 1.82) is 0 Å². The Labute approximate surface area is 166 Å². The molecule has 2 aromatic rings. The summed E-state index contributed by atoms with van der Waals surface area (Å²) in [5.41, 5.74) is 1.00. The second kappa shape index (κ2) is 7.43. The molecule has 9 heteroatoms.